The lowest BCUT2D eigenvalue weighted by Gasteiger charge is -2.64. The summed E-state index contributed by atoms with van der Waals surface area (Å²) in [7, 11) is 0. The molecule has 0 amide bonds. The number of pyridine rings is 1. The van der Waals surface area contributed by atoms with Gasteiger partial charge in [-0.25, -0.2) is 18.2 Å². The van der Waals surface area contributed by atoms with E-state index in [4.69, 9.17) is 4.74 Å². The number of nitrogens with one attached hydrogen (secondary N) is 1. The molecule has 1 aromatic carbocycles. The van der Waals surface area contributed by atoms with Crippen molar-refractivity contribution in [1.29, 1.82) is 0 Å². The van der Waals surface area contributed by atoms with E-state index in [2.05, 4.69) is 14.9 Å². The minimum Gasteiger partial charge on any atom is -0.385 e. The summed E-state index contributed by atoms with van der Waals surface area (Å²) in [4.78, 5) is 9.04. The molecule has 2 saturated heterocycles. The first-order valence-corrected chi connectivity index (χ1v) is 10.0. The Hall–Kier alpha value is -2.42. The quantitative estimate of drug-likeness (QED) is 0.689. The average molecular weight is 415 g/mol. The summed E-state index contributed by atoms with van der Waals surface area (Å²) in [6.45, 7) is 3.11. The van der Waals surface area contributed by atoms with Crippen LogP contribution >= 0.6 is 0 Å². The van der Waals surface area contributed by atoms with E-state index in [1.54, 1.807) is 0 Å². The fraction of sp³-hybridized carbons (Fsp3) is 0.409. The van der Waals surface area contributed by atoms with Crippen LogP contribution in [0, 0.1) is 22.9 Å². The summed E-state index contributed by atoms with van der Waals surface area (Å²) in [6, 6.07) is 4.29. The Morgan fingerprint density at radius 3 is 2.43 bits per heavy atom. The number of rotatable bonds is 3. The van der Waals surface area contributed by atoms with Gasteiger partial charge in [-0.1, -0.05) is 0 Å². The molecule has 1 aliphatic carbocycles. The molecule has 1 saturated carbocycles. The number of nitrogens with zero attached hydrogens (tertiary/aromatic N) is 2. The van der Waals surface area contributed by atoms with Crippen molar-refractivity contribution >= 4 is 11.0 Å². The van der Waals surface area contributed by atoms with Crippen molar-refractivity contribution in [2.24, 2.45) is 5.41 Å². The number of halogens is 3. The number of H-pyrrole nitrogens is 1. The second kappa shape index (κ2) is 6.06. The average Bonchev–Trinajstić information content (AvgIpc) is 2.98. The van der Waals surface area contributed by atoms with E-state index >= 15 is 8.78 Å². The van der Waals surface area contributed by atoms with Crippen molar-refractivity contribution in [2.75, 3.05) is 26.3 Å². The van der Waals surface area contributed by atoms with Gasteiger partial charge in [0, 0.05) is 30.9 Å². The fourth-order valence-corrected chi connectivity index (χ4v) is 5.53. The van der Waals surface area contributed by atoms with Crippen LogP contribution in [0.15, 0.2) is 30.6 Å². The summed E-state index contributed by atoms with van der Waals surface area (Å²) >= 11 is 0. The Bertz CT molecular complexity index is 1140. The monoisotopic (exact) mass is 415 g/mol. The van der Waals surface area contributed by atoms with E-state index in [-0.39, 0.29) is 21.9 Å². The van der Waals surface area contributed by atoms with Crippen molar-refractivity contribution in [3.63, 3.8) is 0 Å². The molecular weight excluding hydrogens is 395 g/mol. The molecule has 2 N–H and O–H groups in total. The van der Waals surface area contributed by atoms with Gasteiger partial charge in [-0.3, -0.25) is 4.90 Å². The van der Waals surface area contributed by atoms with Gasteiger partial charge in [-0.05, 0) is 42.2 Å². The largest absolute Gasteiger partial charge is 0.385 e. The van der Waals surface area contributed by atoms with Crippen molar-refractivity contribution < 1.29 is 23.0 Å². The maximum absolute atomic E-state index is 15.0. The van der Waals surface area contributed by atoms with Crippen LogP contribution < -0.4 is 0 Å². The molecular formula is C22H20F3N3O2. The van der Waals surface area contributed by atoms with Crippen LogP contribution in [-0.2, 0) is 10.3 Å². The highest BCUT2D eigenvalue weighted by Crippen LogP contribution is 2.60. The normalized spacial score (nSPS) is 22.7. The van der Waals surface area contributed by atoms with Gasteiger partial charge >= 0.3 is 0 Å². The van der Waals surface area contributed by atoms with Gasteiger partial charge < -0.3 is 14.8 Å². The van der Waals surface area contributed by atoms with Crippen LogP contribution in [0.3, 0.4) is 0 Å². The summed E-state index contributed by atoms with van der Waals surface area (Å²) in [5.74, 6) is -2.16. The Kier molecular flexibility index (Phi) is 3.71. The summed E-state index contributed by atoms with van der Waals surface area (Å²) in [5.41, 5.74) is -1.02. The topological polar surface area (TPSA) is 61.4 Å². The molecule has 0 unspecified atom stereocenters. The van der Waals surface area contributed by atoms with Crippen LogP contribution in [0.2, 0.25) is 0 Å². The highest BCUT2D eigenvalue weighted by atomic mass is 19.1. The first-order chi connectivity index (χ1) is 14.4. The predicted molar refractivity (Wildman–Crippen MR) is 103 cm³/mol. The molecule has 2 aliphatic heterocycles. The third-order valence-electron chi connectivity index (χ3n) is 6.89. The zero-order valence-electron chi connectivity index (χ0n) is 16.1. The lowest BCUT2D eigenvalue weighted by molar-refractivity contribution is -0.225. The van der Waals surface area contributed by atoms with E-state index < -0.39 is 23.1 Å². The molecule has 30 heavy (non-hydrogen) atoms. The number of likely N-dealkylation sites (tertiary alicyclic amines) is 1. The smallest absolute Gasteiger partial charge is 0.150 e. The van der Waals surface area contributed by atoms with E-state index in [0.717, 1.165) is 32.5 Å². The molecule has 0 atom stereocenters. The van der Waals surface area contributed by atoms with Gasteiger partial charge in [-0.2, -0.15) is 0 Å². The zero-order chi connectivity index (χ0) is 20.7. The molecule has 1 spiro atoms. The molecule has 5 nitrogen and oxygen atoms in total. The first-order valence-electron chi connectivity index (χ1n) is 10.0. The van der Waals surface area contributed by atoms with Crippen molar-refractivity contribution in [3.05, 3.63) is 53.6 Å². The third kappa shape index (κ3) is 2.50. The maximum atomic E-state index is 15.0. The molecule has 3 fully saturated rings. The highest BCUT2D eigenvalue weighted by Gasteiger charge is 2.62. The Morgan fingerprint density at radius 2 is 1.80 bits per heavy atom. The number of benzene rings is 1. The first kappa shape index (κ1) is 18.4. The maximum Gasteiger partial charge on any atom is 0.150 e. The van der Waals surface area contributed by atoms with E-state index in [0.29, 0.717) is 30.1 Å². The third-order valence-corrected chi connectivity index (χ3v) is 6.89. The van der Waals surface area contributed by atoms with E-state index in [1.165, 1.54) is 24.4 Å². The van der Waals surface area contributed by atoms with Gasteiger partial charge in [0.15, 0.2) is 5.82 Å². The van der Waals surface area contributed by atoms with Gasteiger partial charge in [0.05, 0.1) is 35.8 Å². The molecule has 3 aliphatic rings. The Morgan fingerprint density at radius 1 is 1.10 bits per heavy atom. The van der Waals surface area contributed by atoms with E-state index in [1.807, 2.05) is 0 Å². The molecule has 3 aromatic rings. The Labute approximate surface area is 170 Å². The van der Waals surface area contributed by atoms with Gasteiger partial charge in [0.25, 0.3) is 0 Å². The van der Waals surface area contributed by atoms with Gasteiger partial charge in [0.2, 0.25) is 0 Å². The number of ether oxygens (including phenoxy) is 1. The summed E-state index contributed by atoms with van der Waals surface area (Å²) < 4.78 is 49.5. The number of hydrogen-bond donors (Lipinski definition) is 2. The van der Waals surface area contributed by atoms with Crippen molar-refractivity contribution in [1.82, 2.24) is 14.9 Å². The van der Waals surface area contributed by atoms with Crippen LogP contribution in [0.25, 0.3) is 22.2 Å². The van der Waals surface area contributed by atoms with Gasteiger partial charge in [-0.15, -0.1) is 0 Å². The molecule has 0 bridgehead atoms. The van der Waals surface area contributed by atoms with E-state index in [9.17, 15) is 9.50 Å². The molecule has 2 aromatic heterocycles. The molecule has 8 heteroatoms. The zero-order valence-corrected chi connectivity index (χ0v) is 16.1. The standard InChI is InChI=1S/C22H20F3N3O2/c23-15-3-12(14-1-2-26-20-18(14)17(25)5-27-20)4-16(24)19(15)22(29)8-21(9-22)10-28(11-21)13-6-30-7-13/h1-5,13,29H,6-11H2,(H,26,27). The fourth-order valence-electron chi connectivity index (χ4n) is 5.53. The van der Waals surface area contributed by atoms with Crippen molar-refractivity contribution in [3.8, 4) is 11.1 Å². The van der Waals surface area contributed by atoms with Gasteiger partial charge in [0.1, 0.15) is 17.3 Å². The predicted octanol–water partition coefficient (Wildman–Crippen LogP) is 3.33. The summed E-state index contributed by atoms with van der Waals surface area (Å²) in [5, 5.41) is 11.2. The lowest BCUT2D eigenvalue weighted by Crippen LogP contribution is -2.71. The highest BCUT2D eigenvalue weighted by molar-refractivity contribution is 5.93. The summed E-state index contributed by atoms with van der Waals surface area (Å²) in [6.07, 6.45) is 3.29. The number of hydrogen-bond acceptors (Lipinski definition) is 4. The van der Waals surface area contributed by atoms with Crippen LogP contribution in [0.5, 0.6) is 0 Å². The van der Waals surface area contributed by atoms with Crippen LogP contribution in [0.4, 0.5) is 13.2 Å². The van der Waals surface area contributed by atoms with Crippen molar-refractivity contribution in [2.45, 2.75) is 24.5 Å². The number of aromatic amines is 1. The lowest BCUT2D eigenvalue weighted by atomic mass is 9.53. The minimum absolute atomic E-state index is 0.0760. The molecule has 156 valence electrons. The molecule has 0 radical (unpaired) electrons. The number of aliphatic hydroxyl groups is 1. The minimum atomic E-state index is -1.51. The SMILES string of the molecule is OC1(c2c(F)cc(-c3ccnc4[nH]cc(F)c34)cc2F)CC2(CN(C3COC3)C2)C1. The molecule has 6 rings (SSSR count). The number of fused-ring (bicyclic) bond motifs is 1. The second-order valence-electron chi connectivity index (χ2n) is 9.02. The Balaban J connectivity index is 1.29. The van der Waals surface area contributed by atoms with Crippen LogP contribution in [0.1, 0.15) is 18.4 Å². The van der Waals surface area contributed by atoms with Crippen LogP contribution in [-0.4, -0.2) is 52.3 Å². The number of aromatic nitrogens is 2. The molecule has 4 heterocycles. The second-order valence-corrected chi connectivity index (χ2v) is 9.02.